The molecule has 0 amide bonds. The average molecular weight is 384 g/mol. The van der Waals surface area contributed by atoms with Crippen LogP contribution in [0.15, 0.2) is 30.3 Å². The molecule has 2 N–H and O–H groups in total. The van der Waals surface area contributed by atoms with Gasteiger partial charge in [-0.1, -0.05) is 18.2 Å². The summed E-state index contributed by atoms with van der Waals surface area (Å²) in [4.78, 5) is 13.9. The first-order chi connectivity index (χ1) is 13.3. The zero-order valence-corrected chi connectivity index (χ0v) is 16.7. The van der Waals surface area contributed by atoms with E-state index in [1.54, 1.807) is 11.3 Å². The number of hydrogen-bond donors (Lipinski definition) is 1. The van der Waals surface area contributed by atoms with E-state index in [0.717, 1.165) is 56.7 Å². The summed E-state index contributed by atoms with van der Waals surface area (Å²) in [6.45, 7) is 6.92. The Bertz CT molecular complexity index is 768. The highest BCUT2D eigenvalue weighted by Gasteiger charge is 2.37. The Hall–Kier alpha value is -1.63. The average Bonchev–Trinajstić information content (AvgIpc) is 3.07. The van der Waals surface area contributed by atoms with Crippen LogP contribution in [0.25, 0.3) is 0 Å². The van der Waals surface area contributed by atoms with E-state index < -0.39 is 0 Å². The number of rotatable bonds is 3. The summed E-state index contributed by atoms with van der Waals surface area (Å²) >= 11 is 1.71. The predicted octanol–water partition coefficient (Wildman–Crippen LogP) is 2.68. The van der Waals surface area contributed by atoms with Crippen molar-refractivity contribution in [2.75, 3.05) is 50.0 Å². The number of aromatic nitrogens is 1. The van der Waals surface area contributed by atoms with E-state index in [-0.39, 0.29) is 0 Å². The van der Waals surface area contributed by atoms with Gasteiger partial charge in [-0.25, -0.2) is 4.98 Å². The van der Waals surface area contributed by atoms with Gasteiger partial charge in [-0.2, -0.15) is 0 Å². The lowest BCUT2D eigenvalue weighted by Crippen LogP contribution is -2.56. The normalized spacial score (nSPS) is 26.6. The maximum absolute atomic E-state index is 5.97. The molecule has 6 heteroatoms. The van der Waals surface area contributed by atoms with Crippen LogP contribution >= 0.6 is 11.3 Å². The summed E-state index contributed by atoms with van der Waals surface area (Å²) in [6.07, 6.45) is 4.95. The summed E-state index contributed by atoms with van der Waals surface area (Å²) in [5.41, 5.74) is 8.62. The summed E-state index contributed by atoms with van der Waals surface area (Å²) < 4.78 is 0. The minimum absolute atomic E-state index is 0.679. The fourth-order valence-electron chi connectivity index (χ4n) is 5.13. The molecule has 0 spiro atoms. The second kappa shape index (κ2) is 7.41. The number of benzene rings is 1. The van der Waals surface area contributed by atoms with E-state index in [2.05, 4.69) is 50.0 Å². The second-order valence-corrected chi connectivity index (χ2v) is 9.31. The van der Waals surface area contributed by atoms with Crippen molar-refractivity contribution in [3.63, 3.8) is 0 Å². The van der Waals surface area contributed by atoms with Gasteiger partial charge in [0, 0.05) is 42.8 Å². The first kappa shape index (κ1) is 17.5. The number of fused-ring (bicyclic) bond motifs is 2. The molecule has 5 rings (SSSR count). The van der Waals surface area contributed by atoms with Crippen molar-refractivity contribution in [2.24, 2.45) is 5.92 Å². The Morgan fingerprint density at radius 1 is 1.04 bits per heavy atom. The Labute approximate surface area is 165 Å². The van der Waals surface area contributed by atoms with Gasteiger partial charge in [0.05, 0.1) is 12.4 Å². The quantitative estimate of drug-likeness (QED) is 0.883. The van der Waals surface area contributed by atoms with Gasteiger partial charge in [-0.3, -0.25) is 9.80 Å². The summed E-state index contributed by atoms with van der Waals surface area (Å²) in [5, 5.41) is 0.752. The Balaban J connectivity index is 1.21. The van der Waals surface area contributed by atoms with Crippen molar-refractivity contribution < 1.29 is 0 Å². The minimum atomic E-state index is 0.679. The number of anilines is 2. The zero-order valence-electron chi connectivity index (χ0n) is 15.9. The van der Waals surface area contributed by atoms with E-state index in [9.17, 15) is 0 Å². The highest BCUT2D eigenvalue weighted by molar-refractivity contribution is 7.15. The van der Waals surface area contributed by atoms with Crippen LogP contribution in [0.2, 0.25) is 0 Å². The first-order valence-corrected chi connectivity index (χ1v) is 11.1. The molecule has 0 bridgehead atoms. The molecule has 144 valence electrons. The number of nitrogens with zero attached hydrogens (tertiary/aromatic N) is 4. The SMILES string of the molecule is Nc1nc2c(s1)C[C@H]1[C@@H](CCCN1CN1CCN(c3ccccc3)CC1)C2. The van der Waals surface area contributed by atoms with Crippen LogP contribution in [0.1, 0.15) is 23.4 Å². The molecule has 1 aromatic carbocycles. The van der Waals surface area contributed by atoms with Crippen LogP contribution in [-0.4, -0.2) is 60.2 Å². The third-order valence-corrected chi connectivity index (χ3v) is 7.50. The molecule has 2 saturated heterocycles. The monoisotopic (exact) mass is 383 g/mol. The van der Waals surface area contributed by atoms with Gasteiger partial charge in [0.15, 0.2) is 5.13 Å². The number of piperazine rings is 1. The van der Waals surface area contributed by atoms with Gasteiger partial charge in [0.2, 0.25) is 0 Å². The summed E-state index contributed by atoms with van der Waals surface area (Å²) in [7, 11) is 0. The lowest BCUT2D eigenvalue weighted by molar-refractivity contribution is 0.0285. The third kappa shape index (κ3) is 3.58. The van der Waals surface area contributed by atoms with Gasteiger partial charge < -0.3 is 10.6 Å². The van der Waals surface area contributed by atoms with Crippen LogP contribution in [-0.2, 0) is 12.8 Å². The number of thiazole rings is 1. The fourth-order valence-corrected chi connectivity index (χ4v) is 6.04. The fraction of sp³-hybridized carbons (Fsp3) is 0.571. The van der Waals surface area contributed by atoms with Crippen molar-refractivity contribution in [3.05, 3.63) is 40.9 Å². The van der Waals surface area contributed by atoms with Crippen LogP contribution < -0.4 is 10.6 Å². The zero-order chi connectivity index (χ0) is 18.2. The minimum Gasteiger partial charge on any atom is -0.375 e. The highest BCUT2D eigenvalue weighted by Crippen LogP contribution is 2.37. The van der Waals surface area contributed by atoms with Crippen molar-refractivity contribution in [1.29, 1.82) is 0 Å². The van der Waals surface area contributed by atoms with Gasteiger partial charge >= 0.3 is 0 Å². The highest BCUT2D eigenvalue weighted by atomic mass is 32.1. The molecular formula is C21H29N5S. The van der Waals surface area contributed by atoms with Gasteiger partial charge in [-0.05, 0) is 50.3 Å². The number of para-hydroxylation sites is 1. The van der Waals surface area contributed by atoms with E-state index in [1.807, 2.05) is 0 Å². The molecule has 3 heterocycles. The Morgan fingerprint density at radius 2 is 1.85 bits per heavy atom. The maximum Gasteiger partial charge on any atom is 0.180 e. The van der Waals surface area contributed by atoms with E-state index in [1.165, 1.54) is 35.6 Å². The molecule has 5 nitrogen and oxygen atoms in total. The van der Waals surface area contributed by atoms with Crippen molar-refractivity contribution in [3.8, 4) is 0 Å². The van der Waals surface area contributed by atoms with Crippen LogP contribution in [0.4, 0.5) is 10.8 Å². The maximum atomic E-state index is 5.97. The van der Waals surface area contributed by atoms with Gasteiger partial charge in [0.25, 0.3) is 0 Å². The van der Waals surface area contributed by atoms with Crippen LogP contribution in [0, 0.1) is 5.92 Å². The van der Waals surface area contributed by atoms with Crippen molar-refractivity contribution in [2.45, 2.75) is 31.7 Å². The van der Waals surface area contributed by atoms with E-state index in [4.69, 9.17) is 5.73 Å². The topological polar surface area (TPSA) is 48.6 Å². The molecule has 3 aliphatic rings. The number of nitrogen functional groups attached to an aromatic ring is 1. The molecule has 2 fully saturated rings. The number of nitrogens with two attached hydrogens (primary N) is 1. The third-order valence-electron chi connectivity index (χ3n) is 6.55. The molecule has 1 aliphatic carbocycles. The molecule has 2 atom stereocenters. The molecule has 2 aromatic rings. The second-order valence-electron chi connectivity index (χ2n) is 8.19. The summed E-state index contributed by atoms with van der Waals surface area (Å²) in [6, 6.07) is 11.5. The largest absolute Gasteiger partial charge is 0.375 e. The lowest BCUT2D eigenvalue weighted by Gasteiger charge is -2.46. The van der Waals surface area contributed by atoms with Gasteiger partial charge in [-0.15, -0.1) is 11.3 Å². The molecular weight excluding hydrogens is 354 g/mol. The number of likely N-dealkylation sites (tertiary alicyclic amines) is 1. The van der Waals surface area contributed by atoms with Crippen molar-refractivity contribution in [1.82, 2.24) is 14.8 Å². The lowest BCUT2D eigenvalue weighted by atomic mass is 9.79. The molecule has 2 aliphatic heterocycles. The first-order valence-electron chi connectivity index (χ1n) is 10.3. The number of piperidine rings is 1. The Kier molecular flexibility index (Phi) is 4.80. The van der Waals surface area contributed by atoms with Crippen LogP contribution in [0.5, 0.6) is 0 Å². The van der Waals surface area contributed by atoms with E-state index in [0.29, 0.717) is 6.04 Å². The van der Waals surface area contributed by atoms with E-state index >= 15 is 0 Å². The number of hydrogen-bond acceptors (Lipinski definition) is 6. The summed E-state index contributed by atoms with van der Waals surface area (Å²) in [5.74, 6) is 0.762. The molecule has 1 aromatic heterocycles. The molecule has 0 unspecified atom stereocenters. The predicted molar refractivity (Wildman–Crippen MR) is 112 cm³/mol. The molecule has 27 heavy (non-hydrogen) atoms. The smallest absolute Gasteiger partial charge is 0.180 e. The Morgan fingerprint density at radius 3 is 2.67 bits per heavy atom. The van der Waals surface area contributed by atoms with Gasteiger partial charge in [0.1, 0.15) is 0 Å². The standard InChI is InChI=1S/C21H29N5S/c22-21-23-18-13-16-5-4-8-26(19(16)14-20(18)27-21)15-24-9-11-25(12-10-24)17-6-2-1-3-7-17/h1-3,6-7,16,19H,4-5,8-15H2,(H2,22,23)/t16-,19-/m0/s1. The molecule has 0 saturated carbocycles. The van der Waals surface area contributed by atoms with Crippen LogP contribution in [0.3, 0.4) is 0 Å². The molecule has 0 radical (unpaired) electrons. The van der Waals surface area contributed by atoms with Crippen molar-refractivity contribution >= 4 is 22.2 Å².